The third-order valence-electron chi connectivity index (χ3n) is 2.49. The molecule has 0 amide bonds. The summed E-state index contributed by atoms with van der Waals surface area (Å²) in [4.78, 5) is 9.73. The molecule has 0 radical (unpaired) electrons. The van der Waals surface area contributed by atoms with Crippen LogP contribution in [0, 0.1) is 0 Å². The third-order valence-corrected chi connectivity index (χ3v) is 3.26. The minimum absolute atomic E-state index is 0.875. The Bertz CT molecular complexity index is 421. The molecule has 0 aliphatic rings. The Morgan fingerprint density at radius 2 is 2.35 bits per heavy atom. The Balaban J connectivity index is 1.79. The summed E-state index contributed by atoms with van der Waals surface area (Å²) in [7, 11) is 0. The molecule has 0 saturated heterocycles. The number of imidazole rings is 1. The maximum absolute atomic E-state index is 4.40. The van der Waals surface area contributed by atoms with Crippen molar-refractivity contribution in [2.24, 2.45) is 0 Å². The Labute approximate surface area is 106 Å². The average Bonchev–Trinajstić information content (AvgIpc) is 2.97. The highest BCUT2D eigenvalue weighted by atomic mass is 32.1. The van der Waals surface area contributed by atoms with Crippen LogP contribution in [-0.4, -0.2) is 27.6 Å². The van der Waals surface area contributed by atoms with Crippen LogP contribution in [0.3, 0.4) is 0 Å². The van der Waals surface area contributed by atoms with E-state index >= 15 is 0 Å². The van der Waals surface area contributed by atoms with Crippen molar-refractivity contribution in [1.29, 1.82) is 0 Å². The highest BCUT2D eigenvalue weighted by Crippen LogP contribution is 2.08. The minimum atomic E-state index is 0.875. The SMILES string of the molecule is CCCNCCc1cn(Cc2cncs2)cn1. The molecule has 0 unspecified atom stereocenters. The van der Waals surface area contributed by atoms with Crippen LogP contribution >= 0.6 is 11.3 Å². The zero-order valence-corrected chi connectivity index (χ0v) is 10.9. The molecular weight excluding hydrogens is 232 g/mol. The van der Waals surface area contributed by atoms with Crippen LogP contribution in [0.5, 0.6) is 0 Å². The lowest BCUT2D eigenvalue weighted by Crippen LogP contribution is -2.17. The third kappa shape index (κ3) is 3.94. The summed E-state index contributed by atoms with van der Waals surface area (Å²) in [6.45, 7) is 5.14. The monoisotopic (exact) mass is 250 g/mol. The second kappa shape index (κ2) is 6.51. The van der Waals surface area contributed by atoms with E-state index in [1.54, 1.807) is 11.3 Å². The van der Waals surface area contributed by atoms with Gasteiger partial charge in [0.15, 0.2) is 0 Å². The highest BCUT2D eigenvalue weighted by Gasteiger charge is 2.00. The molecule has 1 N–H and O–H groups in total. The van der Waals surface area contributed by atoms with E-state index in [1.165, 1.54) is 11.3 Å². The largest absolute Gasteiger partial charge is 0.332 e. The van der Waals surface area contributed by atoms with Gasteiger partial charge < -0.3 is 9.88 Å². The molecule has 4 nitrogen and oxygen atoms in total. The van der Waals surface area contributed by atoms with Gasteiger partial charge in [0.05, 0.1) is 24.1 Å². The summed E-state index contributed by atoms with van der Waals surface area (Å²) >= 11 is 1.68. The molecule has 0 spiro atoms. The lowest BCUT2D eigenvalue weighted by molar-refractivity contribution is 0.666. The van der Waals surface area contributed by atoms with E-state index < -0.39 is 0 Å². The topological polar surface area (TPSA) is 42.7 Å². The summed E-state index contributed by atoms with van der Waals surface area (Å²) < 4.78 is 2.11. The first-order chi connectivity index (χ1) is 8.38. The minimum Gasteiger partial charge on any atom is -0.332 e. The number of hydrogen-bond acceptors (Lipinski definition) is 4. The molecule has 0 bridgehead atoms. The standard InChI is InChI=1S/C12H18N4S/c1-2-4-13-5-3-11-7-16(9-15-11)8-12-6-14-10-17-12/h6-7,9-10,13H,2-5,8H2,1H3. The summed E-state index contributed by atoms with van der Waals surface area (Å²) in [5.74, 6) is 0. The maximum Gasteiger partial charge on any atom is 0.0952 e. The maximum atomic E-state index is 4.40. The van der Waals surface area contributed by atoms with Crippen molar-refractivity contribution in [3.63, 3.8) is 0 Å². The van der Waals surface area contributed by atoms with Crippen LogP contribution in [-0.2, 0) is 13.0 Å². The molecule has 0 saturated carbocycles. The summed E-state index contributed by atoms with van der Waals surface area (Å²) in [6, 6.07) is 0. The molecule has 0 aliphatic heterocycles. The number of aromatic nitrogens is 3. The lowest BCUT2D eigenvalue weighted by atomic mass is 10.3. The summed E-state index contributed by atoms with van der Waals surface area (Å²) in [5, 5.41) is 3.38. The fourth-order valence-corrected chi connectivity index (χ4v) is 2.24. The van der Waals surface area contributed by atoms with Crippen LogP contribution in [0.1, 0.15) is 23.9 Å². The molecule has 92 valence electrons. The van der Waals surface area contributed by atoms with E-state index in [2.05, 4.69) is 33.0 Å². The highest BCUT2D eigenvalue weighted by molar-refractivity contribution is 7.09. The van der Waals surface area contributed by atoms with E-state index in [0.717, 1.165) is 31.7 Å². The van der Waals surface area contributed by atoms with Crippen LogP contribution in [0.4, 0.5) is 0 Å². The molecular formula is C12H18N4S. The van der Waals surface area contributed by atoms with Crippen molar-refractivity contribution in [3.05, 3.63) is 34.8 Å². The molecule has 0 atom stereocenters. The molecule has 2 aromatic rings. The fraction of sp³-hybridized carbons (Fsp3) is 0.500. The summed E-state index contributed by atoms with van der Waals surface area (Å²) in [5.41, 5.74) is 3.01. The van der Waals surface area contributed by atoms with Crippen molar-refractivity contribution in [3.8, 4) is 0 Å². The quantitative estimate of drug-likeness (QED) is 0.764. The van der Waals surface area contributed by atoms with Gasteiger partial charge in [-0.2, -0.15) is 0 Å². The van der Waals surface area contributed by atoms with E-state index in [-0.39, 0.29) is 0 Å². The molecule has 17 heavy (non-hydrogen) atoms. The van der Waals surface area contributed by atoms with E-state index in [1.807, 2.05) is 18.0 Å². The zero-order valence-electron chi connectivity index (χ0n) is 10.1. The Morgan fingerprint density at radius 1 is 1.41 bits per heavy atom. The second-order valence-electron chi connectivity index (χ2n) is 4.01. The average molecular weight is 250 g/mol. The van der Waals surface area contributed by atoms with Gasteiger partial charge in [-0.1, -0.05) is 6.92 Å². The van der Waals surface area contributed by atoms with Crippen molar-refractivity contribution in [1.82, 2.24) is 19.9 Å². The Hall–Kier alpha value is -1.20. The van der Waals surface area contributed by atoms with Gasteiger partial charge in [-0.3, -0.25) is 4.98 Å². The van der Waals surface area contributed by atoms with Gasteiger partial charge in [0.1, 0.15) is 0 Å². The molecule has 2 heterocycles. The molecule has 5 heteroatoms. The first kappa shape index (κ1) is 12.3. The van der Waals surface area contributed by atoms with Crippen molar-refractivity contribution in [2.45, 2.75) is 26.3 Å². The Morgan fingerprint density at radius 3 is 3.12 bits per heavy atom. The summed E-state index contributed by atoms with van der Waals surface area (Å²) in [6.07, 6.45) is 8.10. The van der Waals surface area contributed by atoms with Crippen LogP contribution in [0.15, 0.2) is 24.2 Å². The normalized spacial score (nSPS) is 10.9. The van der Waals surface area contributed by atoms with E-state index in [9.17, 15) is 0 Å². The van der Waals surface area contributed by atoms with Gasteiger partial charge in [0, 0.05) is 30.2 Å². The first-order valence-corrected chi connectivity index (χ1v) is 6.85. The predicted octanol–water partition coefficient (Wildman–Crippen LogP) is 1.93. The van der Waals surface area contributed by atoms with E-state index in [4.69, 9.17) is 0 Å². The molecule has 2 rings (SSSR count). The van der Waals surface area contributed by atoms with Crippen LogP contribution in [0.2, 0.25) is 0 Å². The second-order valence-corrected chi connectivity index (χ2v) is 4.98. The van der Waals surface area contributed by atoms with Crippen molar-refractivity contribution in [2.75, 3.05) is 13.1 Å². The first-order valence-electron chi connectivity index (χ1n) is 5.97. The van der Waals surface area contributed by atoms with Gasteiger partial charge in [-0.05, 0) is 13.0 Å². The number of rotatable bonds is 7. The number of hydrogen-bond donors (Lipinski definition) is 1. The van der Waals surface area contributed by atoms with Crippen LogP contribution in [0.25, 0.3) is 0 Å². The van der Waals surface area contributed by atoms with Crippen molar-refractivity contribution < 1.29 is 0 Å². The van der Waals surface area contributed by atoms with Crippen LogP contribution < -0.4 is 5.32 Å². The molecule has 0 fully saturated rings. The number of nitrogens with zero attached hydrogens (tertiary/aromatic N) is 3. The molecule has 0 aliphatic carbocycles. The Kier molecular flexibility index (Phi) is 4.70. The predicted molar refractivity (Wildman–Crippen MR) is 70.3 cm³/mol. The molecule has 2 aromatic heterocycles. The number of nitrogens with one attached hydrogen (secondary N) is 1. The van der Waals surface area contributed by atoms with Gasteiger partial charge >= 0.3 is 0 Å². The lowest BCUT2D eigenvalue weighted by Gasteiger charge is -2.00. The fourth-order valence-electron chi connectivity index (χ4n) is 1.64. The number of thiazole rings is 1. The zero-order chi connectivity index (χ0) is 11.9. The van der Waals surface area contributed by atoms with Gasteiger partial charge in [-0.15, -0.1) is 11.3 Å². The van der Waals surface area contributed by atoms with Crippen molar-refractivity contribution >= 4 is 11.3 Å². The van der Waals surface area contributed by atoms with E-state index in [0.29, 0.717) is 0 Å². The molecule has 0 aromatic carbocycles. The van der Waals surface area contributed by atoms with Gasteiger partial charge in [-0.25, -0.2) is 4.98 Å². The van der Waals surface area contributed by atoms with Gasteiger partial charge in [0.25, 0.3) is 0 Å². The smallest absolute Gasteiger partial charge is 0.0952 e. The van der Waals surface area contributed by atoms with Gasteiger partial charge in [0.2, 0.25) is 0 Å².